The molecule has 0 aromatic heterocycles. The Morgan fingerprint density at radius 2 is 2.24 bits per heavy atom. The van der Waals surface area contributed by atoms with Crippen LogP contribution < -0.4 is 5.32 Å². The Bertz CT molecular complexity index is 578. The number of halogens is 1. The van der Waals surface area contributed by atoms with Crippen molar-refractivity contribution in [3.8, 4) is 6.07 Å². The first-order chi connectivity index (χ1) is 8.00. The van der Waals surface area contributed by atoms with Crippen molar-refractivity contribution in [2.24, 2.45) is 0 Å². The zero-order valence-electron chi connectivity index (χ0n) is 8.98. The van der Waals surface area contributed by atoms with Gasteiger partial charge in [0, 0.05) is 11.7 Å². The van der Waals surface area contributed by atoms with E-state index in [-0.39, 0.29) is 23.1 Å². The Morgan fingerprint density at radius 3 is 2.82 bits per heavy atom. The van der Waals surface area contributed by atoms with Crippen molar-refractivity contribution < 1.29 is 12.8 Å². The molecule has 0 aliphatic carbocycles. The summed E-state index contributed by atoms with van der Waals surface area (Å²) < 4.78 is 35.6. The van der Waals surface area contributed by atoms with Crippen LogP contribution in [0.1, 0.15) is 12.0 Å². The fraction of sp³-hybridized carbons (Fsp3) is 0.364. The lowest BCUT2D eigenvalue weighted by atomic mass is 10.2. The summed E-state index contributed by atoms with van der Waals surface area (Å²) in [4.78, 5) is 0. The lowest BCUT2D eigenvalue weighted by Gasteiger charge is -2.12. The monoisotopic (exact) mass is 254 g/mol. The number of nitrogens with zero attached hydrogens (tertiary/aromatic N) is 1. The molecule has 1 saturated heterocycles. The maximum Gasteiger partial charge on any atom is 0.152 e. The van der Waals surface area contributed by atoms with Crippen LogP contribution in [0.3, 0.4) is 0 Å². The first kappa shape index (κ1) is 11.9. The molecule has 0 saturated carbocycles. The lowest BCUT2D eigenvalue weighted by molar-refractivity contribution is 0.602. The summed E-state index contributed by atoms with van der Waals surface area (Å²) in [5.74, 6) is -0.305. The van der Waals surface area contributed by atoms with Gasteiger partial charge in [0.1, 0.15) is 11.9 Å². The fourth-order valence-corrected chi connectivity index (χ4v) is 3.52. The maximum absolute atomic E-state index is 13.1. The van der Waals surface area contributed by atoms with Gasteiger partial charge < -0.3 is 5.32 Å². The van der Waals surface area contributed by atoms with Gasteiger partial charge in [-0.3, -0.25) is 0 Å². The molecule has 0 amide bonds. The molecule has 17 heavy (non-hydrogen) atoms. The fourth-order valence-electron chi connectivity index (χ4n) is 1.85. The van der Waals surface area contributed by atoms with Gasteiger partial charge in [-0.15, -0.1) is 0 Å². The van der Waals surface area contributed by atoms with E-state index in [1.807, 2.05) is 0 Å². The first-order valence-electron chi connectivity index (χ1n) is 5.17. The number of anilines is 1. The number of benzene rings is 1. The third-order valence-electron chi connectivity index (χ3n) is 2.69. The second-order valence-electron chi connectivity index (χ2n) is 4.05. The van der Waals surface area contributed by atoms with Gasteiger partial charge in [-0.05, 0) is 24.6 Å². The highest BCUT2D eigenvalue weighted by molar-refractivity contribution is 7.91. The number of nitrogens with one attached hydrogen (secondary N) is 1. The highest BCUT2D eigenvalue weighted by Crippen LogP contribution is 2.19. The minimum atomic E-state index is -2.94. The molecule has 1 unspecified atom stereocenters. The minimum Gasteiger partial charge on any atom is -0.381 e. The van der Waals surface area contributed by atoms with Gasteiger partial charge in [0.15, 0.2) is 9.84 Å². The number of nitriles is 1. The van der Waals surface area contributed by atoms with Crippen LogP contribution in [0.25, 0.3) is 0 Å². The summed E-state index contributed by atoms with van der Waals surface area (Å²) in [7, 11) is -2.94. The molecule has 0 bridgehead atoms. The maximum atomic E-state index is 13.1. The molecule has 0 radical (unpaired) electrons. The number of hydrogen-bond acceptors (Lipinski definition) is 4. The van der Waals surface area contributed by atoms with E-state index < -0.39 is 15.7 Å². The van der Waals surface area contributed by atoms with Gasteiger partial charge in [0.2, 0.25) is 0 Å². The topological polar surface area (TPSA) is 70.0 Å². The van der Waals surface area contributed by atoms with E-state index in [0.717, 1.165) is 0 Å². The van der Waals surface area contributed by atoms with Gasteiger partial charge in [-0.25, -0.2) is 12.8 Å². The smallest absolute Gasteiger partial charge is 0.152 e. The van der Waals surface area contributed by atoms with Crippen LogP contribution in [0, 0.1) is 17.1 Å². The molecule has 1 N–H and O–H groups in total. The van der Waals surface area contributed by atoms with E-state index in [4.69, 9.17) is 5.26 Å². The molecule has 90 valence electrons. The Labute approximate surface area is 99.0 Å². The predicted octanol–water partition coefficient (Wildman–Crippen LogP) is 1.30. The number of sulfone groups is 1. The summed E-state index contributed by atoms with van der Waals surface area (Å²) in [6, 6.07) is 5.68. The molecular weight excluding hydrogens is 243 g/mol. The molecule has 0 spiro atoms. The van der Waals surface area contributed by atoms with Crippen molar-refractivity contribution >= 4 is 15.5 Å². The van der Waals surface area contributed by atoms with Crippen LogP contribution in [0.2, 0.25) is 0 Å². The predicted molar refractivity (Wildman–Crippen MR) is 61.8 cm³/mol. The van der Waals surface area contributed by atoms with E-state index in [9.17, 15) is 12.8 Å². The van der Waals surface area contributed by atoms with Crippen LogP contribution in [0.15, 0.2) is 18.2 Å². The Kier molecular flexibility index (Phi) is 3.03. The SMILES string of the molecule is N#Cc1cc(NC2CCS(=O)(=O)C2)ccc1F. The van der Waals surface area contributed by atoms with Crippen molar-refractivity contribution in [2.75, 3.05) is 16.8 Å². The second kappa shape index (κ2) is 4.34. The van der Waals surface area contributed by atoms with Crippen molar-refractivity contribution in [3.63, 3.8) is 0 Å². The number of hydrogen-bond donors (Lipinski definition) is 1. The largest absolute Gasteiger partial charge is 0.381 e. The van der Waals surface area contributed by atoms with Gasteiger partial charge in [0.25, 0.3) is 0 Å². The summed E-state index contributed by atoms with van der Waals surface area (Å²) in [5.41, 5.74) is 0.529. The van der Waals surface area contributed by atoms with Gasteiger partial charge >= 0.3 is 0 Å². The lowest BCUT2D eigenvalue weighted by Crippen LogP contribution is -2.20. The molecule has 1 heterocycles. The molecule has 1 aromatic rings. The first-order valence-corrected chi connectivity index (χ1v) is 6.99. The third-order valence-corrected chi connectivity index (χ3v) is 4.46. The quantitative estimate of drug-likeness (QED) is 0.863. The number of rotatable bonds is 2. The van der Waals surface area contributed by atoms with Crippen molar-refractivity contribution in [2.45, 2.75) is 12.5 Å². The Hall–Kier alpha value is -1.61. The van der Waals surface area contributed by atoms with Crippen molar-refractivity contribution in [1.29, 1.82) is 5.26 Å². The van der Waals surface area contributed by atoms with Crippen LogP contribution in [-0.4, -0.2) is 26.0 Å². The standard InChI is InChI=1S/C11H11FN2O2S/c12-11-2-1-9(5-8(11)6-13)14-10-3-4-17(15,16)7-10/h1-2,5,10,14H,3-4,7H2. The van der Waals surface area contributed by atoms with Crippen LogP contribution in [0.5, 0.6) is 0 Å². The van der Waals surface area contributed by atoms with Crippen LogP contribution >= 0.6 is 0 Å². The summed E-state index contributed by atoms with van der Waals surface area (Å²) in [5, 5.41) is 11.7. The van der Waals surface area contributed by atoms with E-state index in [1.165, 1.54) is 18.2 Å². The Balaban J connectivity index is 2.13. The molecule has 4 nitrogen and oxygen atoms in total. The van der Waals surface area contributed by atoms with Crippen molar-refractivity contribution in [3.05, 3.63) is 29.6 Å². The van der Waals surface area contributed by atoms with Crippen LogP contribution in [-0.2, 0) is 9.84 Å². The Morgan fingerprint density at radius 1 is 1.47 bits per heavy atom. The normalized spacial score (nSPS) is 22.0. The van der Waals surface area contributed by atoms with Crippen LogP contribution in [0.4, 0.5) is 10.1 Å². The molecule has 1 fully saturated rings. The summed E-state index contributed by atoms with van der Waals surface area (Å²) in [6.45, 7) is 0. The molecule has 6 heteroatoms. The van der Waals surface area contributed by atoms with Gasteiger partial charge in [-0.1, -0.05) is 0 Å². The zero-order valence-corrected chi connectivity index (χ0v) is 9.80. The van der Waals surface area contributed by atoms with Gasteiger partial charge in [0.05, 0.1) is 17.1 Å². The molecule has 1 aromatic carbocycles. The average Bonchev–Trinajstić information content (AvgIpc) is 2.61. The third kappa shape index (κ3) is 2.74. The molecule has 1 aliphatic heterocycles. The van der Waals surface area contributed by atoms with Gasteiger partial charge in [-0.2, -0.15) is 5.26 Å². The molecule has 1 aliphatic rings. The van der Waals surface area contributed by atoms with E-state index >= 15 is 0 Å². The van der Waals surface area contributed by atoms with E-state index in [2.05, 4.69) is 5.32 Å². The highest BCUT2D eigenvalue weighted by Gasteiger charge is 2.27. The molecular formula is C11H11FN2O2S. The highest BCUT2D eigenvalue weighted by atomic mass is 32.2. The summed E-state index contributed by atoms with van der Waals surface area (Å²) >= 11 is 0. The zero-order chi connectivity index (χ0) is 12.5. The molecule has 1 atom stereocenters. The van der Waals surface area contributed by atoms with E-state index in [1.54, 1.807) is 6.07 Å². The average molecular weight is 254 g/mol. The molecule has 2 rings (SSSR count). The van der Waals surface area contributed by atoms with E-state index in [0.29, 0.717) is 12.1 Å². The second-order valence-corrected chi connectivity index (χ2v) is 6.28. The minimum absolute atomic E-state index is 0.0455. The van der Waals surface area contributed by atoms with Crippen molar-refractivity contribution in [1.82, 2.24) is 0 Å². The summed E-state index contributed by atoms with van der Waals surface area (Å²) in [6.07, 6.45) is 0.543.